The molecule has 2 amide bonds. The van der Waals surface area contributed by atoms with Gasteiger partial charge in [0.2, 0.25) is 11.8 Å². The van der Waals surface area contributed by atoms with Crippen LogP contribution in [-0.4, -0.2) is 47.6 Å². The maximum absolute atomic E-state index is 12.9. The molecule has 27 heavy (non-hydrogen) atoms. The van der Waals surface area contributed by atoms with E-state index >= 15 is 0 Å². The zero-order chi connectivity index (χ0) is 19.8. The molecule has 0 aromatic heterocycles. The smallest absolute Gasteiger partial charge is 0.333 e. The van der Waals surface area contributed by atoms with E-state index in [1.54, 1.807) is 38.1 Å². The Morgan fingerprint density at radius 3 is 2.70 bits per heavy atom. The van der Waals surface area contributed by atoms with Crippen molar-refractivity contribution in [3.8, 4) is 6.07 Å². The van der Waals surface area contributed by atoms with Gasteiger partial charge in [0.1, 0.15) is 6.54 Å². The molecule has 0 radical (unpaired) electrons. The molecule has 1 atom stereocenters. The molecule has 1 saturated heterocycles. The molecule has 0 bridgehead atoms. The fourth-order valence-corrected chi connectivity index (χ4v) is 3.60. The molecule has 1 fully saturated rings. The van der Waals surface area contributed by atoms with Crippen LogP contribution in [0, 0.1) is 11.3 Å². The number of thioether (sulfide) groups is 1. The molecule has 2 rings (SSSR count). The van der Waals surface area contributed by atoms with E-state index in [2.05, 4.69) is 0 Å². The van der Waals surface area contributed by atoms with Gasteiger partial charge in [-0.2, -0.15) is 5.26 Å². The van der Waals surface area contributed by atoms with Gasteiger partial charge in [0, 0.05) is 12.2 Å². The van der Waals surface area contributed by atoms with Gasteiger partial charge in [-0.15, -0.1) is 0 Å². The predicted molar refractivity (Wildman–Crippen MR) is 103 cm³/mol. The Balaban J connectivity index is 2.22. The fourth-order valence-electron chi connectivity index (χ4n) is 2.56. The minimum atomic E-state index is -0.552. The third-order valence-electron chi connectivity index (χ3n) is 3.81. The Kier molecular flexibility index (Phi) is 7.44. The van der Waals surface area contributed by atoms with E-state index in [0.717, 1.165) is 0 Å². The molecule has 0 spiro atoms. The summed E-state index contributed by atoms with van der Waals surface area (Å²) in [5, 5.41) is 8.89. The van der Waals surface area contributed by atoms with Crippen molar-refractivity contribution in [2.75, 3.05) is 24.6 Å². The van der Waals surface area contributed by atoms with Crippen LogP contribution in [0.5, 0.6) is 0 Å². The molecule has 1 aromatic rings. The van der Waals surface area contributed by atoms with Gasteiger partial charge >= 0.3 is 5.97 Å². The highest BCUT2D eigenvalue weighted by Gasteiger charge is 2.36. The van der Waals surface area contributed by atoms with Crippen LogP contribution in [-0.2, 0) is 19.1 Å². The number of anilines is 1. The molecule has 1 aliphatic heterocycles. The number of hydrogen-bond donors (Lipinski definition) is 0. The zero-order valence-electron chi connectivity index (χ0n) is 15.3. The minimum absolute atomic E-state index is 0.172. The second-order valence-corrected chi connectivity index (χ2v) is 7.07. The maximum Gasteiger partial charge on any atom is 0.333 e. The lowest BCUT2D eigenvalue weighted by Gasteiger charge is -2.25. The first kappa shape index (κ1) is 20.5. The molecule has 0 N–H and O–H groups in total. The zero-order valence-corrected chi connectivity index (χ0v) is 16.1. The molecule has 0 aliphatic carbocycles. The molecule has 0 saturated carbocycles. The summed E-state index contributed by atoms with van der Waals surface area (Å²) < 4.78 is 4.90. The van der Waals surface area contributed by atoms with Crippen LogP contribution in [0.15, 0.2) is 41.4 Å². The largest absolute Gasteiger partial charge is 0.463 e. The number of carbonyl (C=O) groups excluding carboxylic acids is 3. The van der Waals surface area contributed by atoms with Gasteiger partial charge in [0.25, 0.3) is 0 Å². The quantitative estimate of drug-likeness (QED) is 0.527. The average molecular weight is 387 g/mol. The van der Waals surface area contributed by atoms with Gasteiger partial charge in [-0.3, -0.25) is 14.5 Å². The van der Waals surface area contributed by atoms with Crippen molar-refractivity contribution >= 4 is 35.2 Å². The summed E-state index contributed by atoms with van der Waals surface area (Å²) in [5.74, 6) is -1.12. The van der Waals surface area contributed by atoms with Crippen molar-refractivity contribution in [1.29, 1.82) is 5.26 Å². The SMILES string of the molecule is CCOC(=O)/C=C1\S[C@H](C)C(=O)N1CC(=O)N(CCC#N)c1ccccc1. The lowest BCUT2D eigenvalue weighted by atomic mass is 10.2. The van der Waals surface area contributed by atoms with Crippen molar-refractivity contribution in [3.05, 3.63) is 41.4 Å². The van der Waals surface area contributed by atoms with Crippen LogP contribution < -0.4 is 4.90 Å². The Morgan fingerprint density at radius 1 is 1.37 bits per heavy atom. The molecule has 142 valence electrons. The maximum atomic E-state index is 12.9. The van der Waals surface area contributed by atoms with Crippen LogP contribution >= 0.6 is 11.8 Å². The van der Waals surface area contributed by atoms with Crippen LogP contribution in [0.2, 0.25) is 0 Å². The second-order valence-electron chi connectivity index (χ2n) is 5.71. The van der Waals surface area contributed by atoms with E-state index in [0.29, 0.717) is 10.7 Å². The summed E-state index contributed by atoms with van der Waals surface area (Å²) in [4.78, 5) is 39.9. The molecule has 1 aliphatic rings. The second kappa shape index (κ2) is 9.78. The summed E-state index contributed by atoms with van der Waals surface area (Å²) in [5.41, 5.74) is 0.654. The van der Waals surface area contributed by atoms with Crippen molar-refractivity contribution in [3.63, 3.8) is 0 Å². The van der Waals surface area contributed by atoms with Gasteiger partial charge < -0.3 is 9.64 Å². The lowest BCUT2D eigenvalue weighted by Crippen LogP contribution is -2.42. The lowest BCUT2D eigenvalue weighted by molar-refractivity contribution is -0.137. The molecule has 1 aromatic carbocycles. The molecule has 7 nitrogen and oxygen atoms in total. The highest BCUT2D eigenvalue weighted by Crippen LogP contribution is 2.34. The standard InChI is InChI=1S/C19H21N3O4S/c1-3-26-18(24)12-17-22(19(25)14(2)27-17)13-16(23)21(11-7-10-20)15-8-5-4-6-9-15/h4-6,8-9,12,14H,3,7,11,13H2,1-2H3/b17-12-/t14-/m1/s1. The molecule has 1 heterocycles. The van der Waals surface area contributed by atoms with E-state index in [4.69, 9.17) is 10.00 Å². The van der Waals surface area contributed by atoms with E-state index in [9.17, 15) is 14.4 Å². The van der Waals surface area contributed by atoms with Gasteiger partial charge in [-0.1, -0.05) is 30.0 Å². The molecule has 0 unspecified atom stereocenters. The van der Waals surface area contributed by atoms with Crippen molar-refractivity contribution in [1.82, 2.24) is 4.90 Å². The third kappa shape index (κ3) is 5.34. The number of carbonyl (C=O) groups is 3. The van der Waals surface area contributed by atoms with Gasteiger partial charge in [0.15, 0.2) is 0 Å². The summed E-state index contributed by atoms with van der Waals surface area (Å²) in [6.45, 7) is 3.66. The first-order valence-corrected chi connectivity index (χ1v) is 9.44. The van der Waals surface area contributed by atoms with Crippen LogP contribution in [0.3, 0.4) is 0 Å². The predicted octanol–water partition coefficient (Wildman–Crippen LogP) is 2.30. The van der Waals surface area contributed by atoms with Crippen LogP contribution in [0.4, 0.5) is 5.69 Å². The Morgan fingerprint density at radius 2 is 2.07 bits per heavy atom. The summed E-state index contributed by atoms with van der Waals surface area (Å²) in [6, 6.07) is 11.0. The topological polar surface area (TPSA) is 90.7 Å². The number of rotatable bonds is 7. The van der Waals surface area contributed by atoms with Crippen molar-refractivity contribution < 1.29 is 19.1 Å². The average Bonchev–Trinajstić information content (AvgIpc) is 2.90. The van der Waals surface area contributed by atoms with Crippen LogP contribution in [0.1, 0.15) is 20.3 Å². The Hall–Kier alpha value is -2.79. The van der Waals surface area contributed by atoms with E-state index in [1.165, 1.54) is 27.6 Å². The van der Waals surface area contributed by atoms with Crippen LogP contribution in [0.25, 0.3) is 0 Å². The summed E-state index contributed by atoms with van der Waals surface area (Å²) in [6.07, 6.45) is 1.41. The Labute approximate surface area is 162 Å². The summed E-state index contributed by atoms with van der Waals surface area (Å²) in [7, 11) is 0. The number of nitrogens with zero attached hydrogens (tertiary/aromatic N) is 3. The monoisotopic (exact) mass is 387 g/mol. The molecular weight excluding hydrogens is 366 g/mol. The van der Waals surface area contributed by atoms with E-state index in [-0.39, 0.29) is 43.2 Å². The third-order valence-corrected chi connectivity index (χ3v) is 4.95. The number of esters is 1. The van der Waals surface area contributed by atoms with E-state index in [1.807, 2.05) is 12.1 Å². The van der Waals surface area contributed by atoms with Gasteiger partial charge in [-0.25, -0.2) is 4.79 Å². The number of benzene rings is 1. The first-order chi connectivity index (χ1) is 13.0. The van der Waals surface area contributed by atoms with E-state index < -0.39 is 5.97 Å². The molecular formula is C19H21N3O4S. The van der Waals surface area contributed by atoms with Gasteiger partial charge in [-0.05, 0) is 26.0 Å². The van der Waals surface area contributed by atoms with Crippen molar-refractivity contribution in [2.45, 2.75) is 25.5 Å². The summed E-state index contributed by atoms with van der Waals surface area (Å²) >= 11 is 1.22. The highest BCUT2D eigenvalue weighted by atomic mass is 32.2. The normalized spacial score (nSPS) is 17.7. The first-order valence-electron chi connectivity index (χ1n) is 8.56. The number of amides is 2. The fraction of sp³-hybridized carbons (Fsp3) is 0.368. The Bertz CT molecular complexity index is 773. The van der Waals surface area contributed by atoms with Crippen molar-refractivity contribution in [2.24, 2.45) is 0 Å². The molecule has 8 heteroatoms. The number of hydrogen-bond acceptors (Lipinski definition) is 6. The number of ether oxygens (including phenoxy) is 1. The number of nitriles is 1. The minimum Gasteiger partial charge on any atom is -0.463 e. The van der Waals surface area contributed by atoms with Gasteiger partial charge in [0.05, 0.1) is 35.5 Å². The highest BCUT2D eigenvalue weighted by molar-refractivity contribution is 8.04. The number of para-hydroxylation sites is 1.